The van der Waals surface area contributed by atoms with Gasteiger partial charge in [-0.2, -0.15) is 0 Å². The third-order valence-electron chi connectivity index (χ3n) is 5.78. The lowest BCUT2D eigenvalue weighted by atomic mass is 10.1. The summed E-state index contributed by atoms with van der Waals surface area (Å²) in [6.07, 6.45) is 0.108. The smallest absolute Gasteiger partial charge is 0.257 e. The summed E-state index contributed by atoms with van der Waals surface area (Å²) in [7, 11) is 0. The minimum absolute atomic E-state index is 0.108. The molecule has 3 aromatic carbocycles. The monoisotopic (exact) mass is 457 g/mol. The van der Waals surface area contributed by atoms with Gasteiger partial charge in [-0.1, -0.05) is 30.3 Å². The number of para-hydroxylation sites is 2. The Balaban J connectivity index is 1.44. The summed E-state index contributed by atoms with van der Waals surface area (Å²) in [5.74, 6) is -0.518. The number of benzene rings is 3. The van der Waals surface area contributed by atoms with Crippen LogP contribution in [0.3, 0.4) is 0 Å². The highest BCUT2D eigenvalue weighted by molar-refractivity contribution is 6.11. The molecule has 0 bridgehead atoms. The second-order valence-electron chi connectivity index (χ2n) is 8.14. The Morgan fingerprint density at radius 2 is 1.62 bits per heavy atom. The molecule has 34 heavy (non-hydrogen) atoms. The van der Waals surface area contributed by atoms with E-state index in [1.54, 1.807) is 29.2 Å². The van der Waals surface area contributed by atoms with Crippen LogP contribution in [0.4, 0.5) is 17.1 Å². The molecule has 2 N–H and O–H groups in total. The molecule has 3 amide bonds. The molecule has 174 valence electrons. The van der Waals surface area contributed by atoms with Crippen molar-refractivity contribution in [2.24, 2.45) is 5.92 Å². The fraction of sp³-hybridized carbons (Fsp3) is 0.222. The largest absolute Gasteiger partial charge is 0.494 e. The zero-order valence-electron chi connectivity index (χ0n) is 19.2. The molecule has 4 rings (SSSR count). The van der Waals surface area contributed by atoms with E-state index in [1.165, 1.54) is 0 Å². The normalized spacial score (nSPS) is 15.2. The van der Waals surface area contributed by atoms with E-state index < -0.39 is 5.92 Å². The first-order valence-corrected chi connectivity index (χ1v) is 11.3. The maximum absolute atomic E-state index is 13.0. The number of hydrogen-bond donors (Lipinski definition) is 2. The zero-order valence-corrected chi connectivity index (χ0v) is 19.2. The van der Waals surface area contributed by atoms with Gasteiger partial charge in [0.1, 0.15) is 5.75 Å². The van der Waals surface area contributed by atoms with Crippen LogP contribution in [-0.4, -0.2) is 30.9 Å². The molecule has 1 aliphatic heterocycles. The topological polar surface area (TPSA) is 87.7 Å². The van der Waals surface area contributed by atoms with Crippen molar-refractivity contribution in [2.75, 3.05) is 28.7 Å². The number of ether oxygens (including phenoxy) is 1. The lowest BCUT2D eigenvalue weighted by molar-refractivity contribution is -0.122. The number of carbonyl (C=O) groups excluding carboxylic acids is 3. The molecule has 1 saturated heterocycles. The maximum Gasteiger partial charge on any atom is 0.257 e. The SMILES string of the molecule is CCOc1ccc(N2CC(C(=O)Nc3ccccc3C(=O)Nc3ccccc3C)CC2=O)cc1. The lowest BCUT2D eigenvalue weighted by Gasteiger charge is -2.18. The van der Waals surface area contributed by atoms with Crippen LogP contribution >= 0.6 is 0 Å². The van der Waals surface area contributed by atoms with Crippen LogP contribution in [0, 0.1) is 12.8 Å². The Bertz CT molecular complexity index is 1210. The molecule has 1 aliphatic rings. The predicted octanol–water partition coefficient (Wildman–Crippen LogP) is 4.64. The van der Waals surface area contributed by atoms with Gasteiger partial charge >= 0.3 is 0 Å². The number of amides is 3. The highest BCUT2D eigenvalue weighted by atomic mass is 16.5. The highest BCUT2D eigenvalue weighted by Gasteiger charge is 2.35. The molecule has 1 fully saturated rings. The van der Waals surface area contributed by atoms with Gasteiger partial charge in [-0.25, -0.2) is 0 Å². The van der Waals surface area contributed by atoms with Gasteiger partial charge in [0.25, 0.3) is 5.91 Å². The Morgan fingerprint density at radius 3 is 2.32 bits per heavy atom. The average Bonchev–Trinajstić information content (AvgIpc) is 3.23. The van der Waals surface area contributed by atoms with Gasteiger partial charge in [-0.3, -0.25) is 14.4 Å². The second kappa shape index (κ2) is 10.2. The van der Waals surface area contributed by atoms with E-state index in [2.05, 4.69) is 10.6 Å². The van der Waals surface area contributed by atoms with Gasteiger partial charge in [-0.15, -0.1) is 0 Å². The van der Waals surface area contributed by atoms with Crippen LogP contribution in [0.15, 0.2) is 72.8 Å². The van der Waals surface area contributed by atoms with E-state index in [4.69, 9.17) is 4.74 Å². The van der Waals surface area contributed by atoms with E-state index in [-0.39, 0.29) is 30.7 Å². The molecule has 7 nitrogen and oxygen atoms in total. The fourth-order valence-corrected chi connectivity index (χ4v) is 3.95. The summed E-state index contributed by atoms with van der Waals surface area (Å²) < 4.78 is 5.45. The molecule has 0 spiro atoms. The molecular formula is C27H27N3O4. The quantitative estimate of drug-likeness (QED) is 0.541. The van der Waals surface area contributed by atoms with E-state index >= 15 is 0 Å². The maximum atomic E-state index is 13.0. The summed E-state index contributed by atoms with van der Waals surface area (Å²) in [5, 5.41) is 5.75. The van der Waals surface area contributed by atoms with Crippen LogP contribution in [-0.2, 0) is 9.59 Å². The minimum atomic E-state index is -0.522. The number of hydrogen-bond acceptors (Lipinski definition) is 4. The molecule has 0 saturated carbocycles. The van der Waals surface area contributed by atoms with Crippen molar-refractivity contribution in [3.63, 3.8) is 0 Å². The average molecular weight is 458 g/mol. The molecular weight excluding hydrogens is 430 g/mol. The van der Waals surface area contributed by atoms with Crippen LogP contribution in [0.2, 0.25) is 0 Å². The number of rotatable bonds is 7. The van der Waals surface area contributed by atoms with Gasteiger partial charge in [0.15, 0.2) is 0 Å². The van der Waals surface area contributed by atoms with Gasteiger partial charge in [0.05, 0.1) is 23.8 Å². The molecule has 0 aliphatic carbocycles. The molecule has 3 aromatic rings. The molecule has 7 heteroatoms. The van der Waals surface area contributed by atoms with E-state index in [0.29, 0.717) is 23.5 Å². The highest BCUT2D eigenvalue weighted by Crippen LogP contribution is 2.28. The van der Waals surface area contributed by atoms with Crippen molar-refractivity contribution in [1.29, 1.82) is 0 Å². The molecule has 0 aromatic heterocycles. The lowest BCUT2D eigenvalue weighted by Crippen LogP contribution is -2.28. The summed E-state index contributed by atoms with van der Waals surface area (Å²) in [5.41, 5.74) is 3.14. The molecule has 1 unspecified atom stereocenters. The Labute approximate surface area is 198 Å². The van der Waals surface area contributed by atoms with E-state index in [9.17, 15) is 14.4 Å². The van der Waals surface area contributed by atoms with Crippen LogP contribution in [0.1, 0.15) is 29.3 Å². The van der Waals surface area contributed by atoms with Gasteiger partial charge in [0, 0.05) is 24.3 Å². The minimum Gasteiger partial charge on any atom is -0.494 e. The number of carbonyl (C=O) groups is 3. The Kier molecular flexibility index (Phi) is 6.92. The summed E-state index contributed by atoms with van der Waals surface area (Å²) in [6.45, 7) is 4.66. The first kappa shape index (κ1) is 23.0. The molecule has 1 heterocycles. The van der Waals surface area contributed by atoms with Crippen molar-refractivity contribution >= 4 is 34.8 Å². The predicted molar refractivity (Wildman–Crippen MR) is 132 cm³/mol. The van der Waals surface area contributed by atoms with Crippen LogP contribution < -0.4 is 20.3 Å². The van der Waals surface area contributed by atoms with Gasteiger partial charge in [-0.05, 0) is 61.9 Å². The standard InChI is InChI=1S/C27H27N3O4/c1-3-34-21-14-12-20(13-15-21)30-17-19(16-25(30)31)26(32)29-24-11-7-5-9-22(24)27(33)28-23-10-6-4-8-18(23)2/h4-15,19H,3,16-17H2,1-2H3,(H,28,33)(H,29,32). The van der Waals surface area contributed by atoms with Gasteiger partial charge < -0.3 is 20.3 Å². The van der Waals surface area contributed by atoms with Crippen molar-refractivity contribution in [2.45, 2.75) is 20.3 Å². The number of anilines is 3. The third-order valence-corrected chi connectivity index (χ3v) is 5.78. The molecule has 1 atom stereocenters. The number of aryl methyl sites for hydroxylation is 1. The number of nitrogens with zero attached hydrogens (tertiary/aromatic N) is 1. The van der Waals surface area contributed by atoms with Gasteiger partial charge in [0.2, 0.25) is 11.8 Å². The van der Waals surface area contributed by atoms with E-state index in [1.807, 2.05) is 62.4 Å². The van der Waals surface area contributed by atoms with Crippen molar-refractivity contribution in [3.05, 3.63) is 83.9 Å². The summed E-state index contributed by atoms with van der Waals surface area (Å²) in [6, 6.07) is 21.6. The third kappa shape index (κ3) is 5.09. The first-order valence-electron chi connectivity index (χ1n) is 11.3. The van der Waals surface area contributed by atoms with Crippen molar-refractivity contribution in [1.82, 2.24) is 0 Å². The van der Waals surface area contributed by atoms with Crippen molar-refractivity contribution in [3.8, 4) is 5.75 Å². The van der Waals surface area contributed by atoms with Crippen LogP contribution in [0.25, 0.3) is 0 Å². The first-order chi connectivity index (χ1) is 16.5. The molecule has 0 radical (unpaired) electrons. The van der Waals surface area contributed by atoms with Crippen molar-refractivity contribution < 1.29 is 19.1 Å². The number of nitrogens with one attached hydrogen (secondary N) is 2. The summed E-state index contributed by atoms with van der Waals surface area (Å²) in [4.78, 5) is 40.2. The Morgan fingerprint density at radius 1 is 0.941 bits per heavy atom. The second-order valence-corrected chi connectivity index (χ2v) is 8.14. The van der Waals surface area contributed by atoms with E-state index in [0.717, 1.165) is 17.0 Å². The zero-order chi connectivity index (χ0) is 24.1. The summed E-state index contributed by atoms with van der Waals surface area (Å²) >= 11 is 0. The fourth-order valence-electron chi connectivity index (χ4n) is 3.95. The Hall–Kier alpha value is -4.13. The van der Waals surface area contributed by atoms with Crippen LogP contribution in [0.5, 0.6) is 5.75 Å².